The zero-order valence-electron chi connectivity index (χ0n) is 7.86. The molecule has 0 fully saturated rings. The number of aliphatic hydroxyl groups is 1. The first-order valence-electron chi connectivity index (χ1n) is 4.39. The summed E-state index contributed by atoms with van der Waals surface area (Å²) in [6, 6.07) is 0. The third kappa shape index (κ3) is 4.15. The van der Waals surface area contributed by atoms with Crippen LogP contribution in [0.15, 0.2) is 0 Å². The fraction of sp³-hybridized carbons (Fsp3) is 0.778. The van der Waals surface area contributed by atoms with E-state index in [0.29, 0.717) is 25.5 Å². The maximum absolute atomic E-state index is 10.7. The Kier molecular flexibility index (Phi) is 6.36. The van der Waals surface area contributed by atoms with Crippen molar-refractivity contribution in [2.24, 2.45) is 0 Å². The number of carbonyl (C=O) groups is 2. The zero-order chi connectivity index (χ0) is 10.2. The van der Waals surface area contributed by atoms with E-state index in [0.717, 1.165) is 6.29 Å². The highest BCUT2D eigenvalue weighted by atomic mass is 16.5. The number of aldehydes is 2. The second-order valence-corrected chi connectivity index (χ2v) is 2.81. The van der Waals surface area contributed by atoms with Gasteiger partial charge in [0.15, 0.2) is 6.29 Å². The molecule has 0 aromatic rings. The first-order chi connectivity index (χ1) is 6.24. The van der Waals surface area contributed by atoms with Gasteiger partial charge in [-0.1, -0.05) is 6.92 Å². The summed E-state index contributed by atoms with van der Waals surface area (Å²) in [7, 11) is 0. The Hall–Kier alpha value is -0.740. The molecule has 0 aliphatic carbocycles. The molecule has 13 heavy (non-hydrogen) atoms. The molecule has 0 aliphatic heterocycles. The maximum atomic E-state index is 10.7. The highest BCUT2D eigenvalue weighted by Crippen LogP contribution is 2.19. The summed E-state index contributed by atoms with van der Waals surface area (Å²) in [6.45, 7) is 1.83. The third-order valence-corrected chi connectivity index (χ3v) is 1.98. The molecule has 0 bridgehead atoms. The normalized spacial score (nSPS) is 14.9. The topological polar surface area (TPSA) is 63.6 Å². The van der Waals surface area contributed by atoms with E-state index in [1.54, 1.807) is 0 Å². The zero-order valence-corrected chi connectivity index (χ0v) is 7.86. The van der Waals surface area contributed by atoms with Gasteiger partial charge >= 0.3 is 0 Å². The lowest BCUT2D eigenvalue weighted by Gasteiger charge is -2.25. The van der Waals surface area contributed by atoms with Crippen molar-refractivity contribution in [1.82, 2.24) is 0 Å². The number of carbonyl (C=O) groups excluding carboxylic acids is 2. The van der Waals surface area contributed by atoms with Crippen molar-refractivity contribution in [3.8, 4) is 0 Å². The Labute approximate surface area is 77.9 Å². The van der Waals surface area contributed by atoms with Gasteiger partial charge in [0.25, 0.3) is 0 Å². The van der Waals surface area contributed by atoms with E-state index in [4.69, 9.17) is 9.84 Å². The summed E-state index contributed by atoms with van der Waals surface area (Å²) < 4.78 is 5.20. The number of ether oxygens (including phenoxy) is 1. The predicted molar refractivity (Wildman–Crippen MR) is 47.4 cm³/mol. The number of aliphatic hydroxyl groups excluding tert-OH is 1. The molecule has 0 heterocycles. The molecule has 0 radical (unpaired) electrons. The van der Waals surface area contributed by atoms with Crippen LogP contribution in [0.25, 0.3) is 0 Å². The quantitative estimate of drug-likeness (QED) is 0.557. The summed E-state index contributed by atoms with van der Waals surface area (Å²) in [5.41, 5.74) is -0.885. The van der Waals surface area contributed by atoms with Gasteiger partial charge in [-0.3, -0.25) is 0 Å². The van der Waals surface area contributed by atoms with Gasteiger partial charge < -0.3 is 19.4 Å². The van der Waals surface area contributed by atoms with E-state index >= 15 is 0 Å². The summed E-state index contributed by atoms with van der Waals surface area (Å²) >= 11 is 0. The lowest BCUT2D eigenvalue weighted by atomic mass is 9.96. The van der Waals surface area contributed by atoms with Crippen LogP contribution in [-0.2, 0) is 14.3 Å². The molecule has 0 rings (SSSR count). The van der Waals surface area contributed by atoms with Gasteiger partial charge in [0.2, 0.25) is 0 Å². The van der Waals surface area contributed by atoms with Crippen molar-refractivity contribution >= 4 is 12.6 Å². The van der Waals surface area contributed by atoms with Crippen LogP contribution in [0.5, 0.6) is 0 Å². The first kappa shape index (κ1) is 12.3. The Morgan fingerprint density at radius 2 is 2.15 bits per heavy atom. The smallest absolute Gasteiger partial charge is 0.151 e. The molecule has 1 atom stereocenters. The average molecular weight is 188 g/mol. The van der Waals surface area contributed by atoms with Crippen molar-refractivity contribution in [1.29, 1.82) is 0 Å². The van der Waals surface area contributed by atoms with E-state index in [9.17, 15) is 9.59 Å². The lowest BCUT2D eigenvalue weighted by Crippen LogP contribution is -2.35. The number of hydrogen-bond acceptors (Lipinski definition) is 4. The second-order valence-electron chi connectivity index (χ2n) is 2.81. The van der Waals surface area contributed by atoms with E-state index in [1.807, 2.05) is 6.92 Å². The predicted octanol–water partition coefficient (Wildman–Crippen LogP) is 0.322. The van der Waals surface area contributed by atoms with Gasteiger partial charge in [-0.25, -0.2) is 0 Å². The van der Waals surface area contributed by atoms with Gasteiger partial charge in [0, 0.05) is 6.42 Å². The van der Waals surface area contributed by atoms with Crippen molar-refractivity contribution < 1.29 is 19.4 Å². The minimum absolute atomic E-state index is 0.114. The van der Waals surface area contributed by atoms with Crippen molar-refractivity contribution in [3.05, 3.63) is 0 Å². The summed E-state index contributed by atoms with van der Waals surface area (Å²) in [6.07, 6.45) is 2.68. The highest BCUT2D eigenvalue weighted by molar-refractivity contribution is 5.63. The van der Waals surface area contributed by atoms with Crippen LogP contribution in [0.1, 0.15) is 26.2 Å². The minimum atomic E-state index is -0.885. The first-order valence-corrected chi connectivity index (χ1v) is 4.39. The molecule has 0 spiro atoms. The Morgan fingerprint density at radius 3 is 2.54 bits per heavy atom. The lowest BCUT2D eigenvalue weighted by molar-refractivity contribution is -0.135. The largest absolute Gasteiger partial charge is 0.394 e. The molecule has 0 saturated heterocycles. The second kappa shape index (κ2) is 6.74. The highest BCUT2D eigenvalue weighted by Gasteiger charge is 2.27. The Bertz CT molecular complexity index is 158. The van der Waals surface area contributed by atoms with Gasteiger partial charge in [-0.15, -0.1) is 0 Å². The molecule has 0 aromatic heterocycles. The van der Waals surface area contributed by atoms with Crippen LogP contribution in [0.2, 0.25) is 0 Å². The van der Waals surface area contributed by atoms with Crippen LogP contribution in [0, 0.1) is 0 Å². The van der Waals surface area contributed by atoms with E-state index in [1.165, 1.54) is 0 Å². The molecular weight excluding hydrogens is 172 g/mol. The standard InChI is InChI=1S/C9H16O4/c1-2-9(8-12,4-3-5-10)13-7-6-11/h5,8,11H,2-4,6-7H2,1H3. The fourth-order valence-corrected chi connectivity index (χ4v) is 1.08. The SMILES string of the molecule is CCC(C=O)(CCC=O)OCCO. The minimum Gasteiger partial charge on any atom is -0.394 e. The molecule has 0 saturated carbocycles. The number of rotatable bonds is 8. The van der Waals surface area contributed by atoms with E-state index in [2.05, 4.69) is 0 Å². The summed E-state index contributed by atoms with van der Waals surface area (Å²) in [4.78, 5) is 20.9. The van der Waals surface area contributed by atoms with Gasteiger partial charge in [-0.2, -0.15) is 0 Å². The van der Waals surface area contributed by atoms with E-state index < -0.39 is 5.60 Å². The molecule has 0 amide bonds. The molecule has 1 N–H and O–H groups in total. The molecule has 4 nitrogen and oxygen atoms in total. The molecular formula is C9H16O4. The summed E-state index contributed by atoms with van der Waals surface area (Å²) in [5.74, 6) is 0. The molecule has 0 aromatic carbocycles. The van der Waals surface area contributed by atoms with E-state index in [-0.39, 0.29) is 13.2 Å². The fourth-order valence-electron chi connectivity index (χ4n) is 1.08. The van der Waals surface area contributed by atoms with Crippen LogP contribution < -0.4 is 0 Å². The van der Waals surface area contributed by atoms with Crippen LogP contribution in [0.4, 0.5) is 0 Å². The Morgan fingerprint density at radius 1 is 1.46 bits per heavy atom. The molecule has 0 aliphatic rings. The molecule has 76 valence electrons. The van der Waals surface area contributed by atoms with Gasteiger partial charge in [0.1, 0.15) is 11.9 Å². The Balaban J connectivity index is 4.12. The van der Waals surface area contributed by atoms with Gasteiger partial charge in [-0.05, 0) is 12.8 Å². The average Bonchev–Trinajstić information content (AvgIpc) is 2.20. The van der Waals surface area contributed by atoms with Crippen molar-refractivity contribution in [2.75, 3.05) is 13.2 Å². The van der Waals surface area contributed by atoms with Crippen LogP contribution in [-0.4, -0.2) is 36.5 Å². The maximum Gasteiger partial charge on any atom is 0.151 e. The third-order valence-electron chi connectivity index (χ3n) is 1.98. The van der Waals surface area contributed by atoms with Crippen LogP contribution >= 0.6 is 0 Å². The van der Waals surface area contributed by atoms with Crippen molar-refractivity contribution in [3.63, 3.8) is 0 Å². The van der Waals surface area contributed by atoms with Crippen LogP contribution in [0.3, 0.4) is 0 Å². The van der Waals surface area contributed by atoms with Gasteiger partial charge in [0.05, 0.1) is 13.2 Å². The summed E-state index contributed by atoms with van der Waals surface area (Å²) in [5, 5.41) is 8.54. The molecule has 1 unspecified atom stereocenters. The monoisotopic (exact) mass is 188 g/mol. The van der Waals surface area contributed by atoms with Crippen molar-refractivity contribution in [2.45, 2.75) is 31.8 Å². The number of hydrogen-bond donors (Lipinski definition) is 1. The molecule has 4 heteroatoms.